The summed E-state index contributed by atoms with van der Waals surface area (Å²) in [5.41, 5.74) is 31.4. The number of imidazole rings is 6. The van der Waals surface area contributed by atoms with Crippen molar-refractivity contribution in [3.05, 3.63) is 417 Å². The fourth-order valence-electron chi connectivity index (χ4n) is 21.3. The van der Waals surface area contributed by atoms with E-state index in [9.17, 15) is 15.8 Å². The van der Waals surface area contributed by atoms with Crippen LogP contribution >= 0.6 is 0 Å². The molecule has 0 unspecified atom stereocenters. The molecule has 0 aliphatic heterocycles. The van der Waals surface area contributed by atoms with Crippen molar-refractivity contribution in [3.63, 3.8) is 0 Å². The van der Waals surface area contributed by atoms with Gasteiger partial charge in [-0.15, -0.1) is 0 Å². The minimum Gasteiger partial charge on any atom is -0.456 e. The van der Waals surface area contributed by atoms with Crippen molar-refractivity contribution in [3.8, 4) is 46.6 Å². The molecule has 13 aromatic heterocycles. The summed E-state index contributed by atoms with van der Waals surface area (Å²) >= 11 is 0. The molecule has 22 heteroatoms. The predicted octanol–water partition coefficient (Wildman–Crippen LogP) is 27.0. The van der Waals surface area contributed by atoms with Gasteiger partial charge < -0.3 is 18.0 Å². The summed E-state index contributed by atoms with van der Waals surface area (Å²) in [4.78, 5) is 31.3. The van der Waals surface area contributed by atoms with Crippen LogP contribution in [0.1, 0.15) is 16.7 Å². The molecule has 0 radical (unpaired) electrons. The fourth-order valence-corrected chi connectivity index (χ4v) is 21.3. The van der Waals surface area contributed by atoms with Crippen molar-refractivity contribution >= 4 is 221 Å². The summed E-state index contributed by atoms with van der Waals surface area (Å²) in [5, 5.41) is 37.4. The van der Waals surface area contributed by atoms with E-state index in [1.54, 1.807) is 6.07 Å². The van der Waals surface area contributed by atoms with E-state index in [1.165, 1.54) is 10.8 Å². The number of furan rings is 2. The van der Waals surface area contributed by atoms with Crippen LogP contribution in [0.3, 0.4) is 0 Å². The second-order valence-corrected chi connectivity index (χ2v) is 34.9. The van der Waals surface area contributed by atoms with Crippen LogP contribution in [0.15, 0.2) is 409 Å². The minimum atomic E-state index is 0.568. The molecule has 0 bridgehead atoms. The molecule has 13 heterocycles. The van der Waals surface area contributed by atoms with Crippen LogP contribution < -0.4 is 0 Å². The molecular formula is C117H66N20O2. The zero-order chi connectivity index (χ0) is 91.5. The second kappa shape index (κ2) is 29.4. The van der Waals surface area contributed by atoms with Gasteiger partial charge in [0, 0.05) is 54.5 Å². The Labute approximate surface area is 783 Å². The van der Waals surface area contributed by atoms with Crippen LogP contribution in [0, 0.1) is 34.0 Å². The monoisotopic (exact) mass is 1780 g/mol. The van der Waals surface area contributed by atoms with Gasteiger partial charge in [0.25, 0.3) is 0 Å². The summed E-state index contributed by atoms with van der Waals surface area (Å²) in [5.74, 6) is 4.40. The highest BCUT2D eigenvalue weighted by Gasteiger charge is 2.27. The van der Waals surface area contributed by atoms with E-state index < -0.39 is 0 Å². The Bertz CT molecular complexity index is 10800. The lowest BCUT2D eigenvalue weighted by molar-refractivity contribution is 0.668. The Morgan fingerprint density at radius 1 is 0.165 bits per heavy atom. The first-order chi connectivity index (χ1) is 68.8. The second-order valence-electron chi connectivity index (χ2n) is 34.9. The molecule has 0 saturated carbocycles. The molecule has 646 valence electrons. The summed E-state index contributed by atoms with van der Waals surface area (Å²) in [6.07, 6.45) is 0. The fraction of sp³-hybridized carbons (Fsp3) is 0. The van der Waals surface area contributed by atoms with E-state index in [4.69, 9.17) is 38.7 Å². The number of benzene rings is 18. The number of aromatic nitrogens is 17. The Morgan fingerprint density at radius 2 is 0.403 bits per heavy atom. The lowest BCUT2D eigenvalue weighted by atomic mass is 10.1. The molecule has 0 aliphatic rings. The Balaban J connectivity index is 0.000000101. The Hall–Kier alpha value is -20.1. The van der Waals surface area contributed by atoms with Gasteiger partial charge in [-0.3, -0.25) is 26.4 Å². The quantitative estimate of drug-likeness (QED) is 0.157. The number of nitriles is 3. The molecule has 0 N–H and O–H groups in total. The highest BCUT2D eigenvalue weighted by atomic mass is 16.3. The Morgan fingerprint density at radius 3 is 0.763 bits per heavy atom. The van der Waals surface area contributed by atoms with E-state index in [1.807, 2.05) is 164 Å². The predicted molar refractivity (Wildman–Crippen MR) is 551 cm³/mol. The molecule has 0 saturated heterocycles. The van der Waals surface area contributed by atoms with Crippen LogP contribution in [0.2, 0.25) is 0 Å². The molecule has 31 aromatic rings. The normalized spacial score (nSPS) is 12.0. The van der Waals surface area contributed by atoms with E-state index in [2.05, 4.69) is 298 Å². The molecule has 0 atom stereocenters. The molecule has 18 aromatic carbocycles. The molecule has 0 spiro atoms. The van der Waals surface area contributed by atoms with Gasteiger partial charge in [0.15, 0.2) is 0 Å². The van der Waals surface area contributed by atoms with Crippen molar-refractivity contribution in [2.24, 2.45) is 0 Å². The molecule has 0 fully saturated rings. The van der Waals surface area contributed by atoms with E-state index in [0.717, 1.165) is 228 Å². The largest absolute Gasteiger partial charge is 0.456 e. The van der Waals surface area contributed by atoms with Crippen molar-refractivity contribution in [1.82, 2.24) is 79.1 Å². The highest BCUT2D eigenvalue weighted by molar-refractivity contribution is 6.13. The zero-order valence-electron chi connectivity index (χ0n) is 73.4. The lowest BCUT2D eigenvalue weighted by Gasteiger charge is -2.10. The SMILES string of the molecule is N#Cc1ccc2c(c1)c1ccccc1n2-c1ccc2oc3ccc(-n4c5nc6ccccc6n5c5ccccc5n5c6ccccc6nc45)cc3c2c1.N#Cc1ccc2oc3ccc(-n4c5nc6ccccc6n5c5ccccc5n5c6ccccc6nc45)cc3c2c1.N#Cc1cccc(-n2c3nc4ccccc4n3c3ccc(-n4c5ccccc5c5ccccc54)cc3n3c4ccccc4nc23)c1. The van der Waals surface area contributed by atoms with E-state index in [-0.39, 0.29) is 0 Å². The number of nitrogens with zero attached hydrogens (tertiary/aromatic N) is 20. The minimum absolute atomic E-state index is 0.568. The van der Waals surface area contributed by atoms with Crippen LogP contribution in [0.4, 0.5) is 0 Å². The van der Waals surface area contributed by atoms with Gasteiger partial charge in [-0.25, -0.2) is 43.6 Å². The van der Waals surface area contributed by atoms with Gasteiger partial charge in [0.2, 0.25) is 34.7 Å². The zero-order valence-corrected chi connectivity index (χ0v) is 73.4. The first kappa shape index (κ1) is 76.5. The van der Waals surface area contributed by atoms with Crippen molar-refractivity contribution < 1.29 is 8.83 Å². The standard InChI is InChI=1S/C45H25N7O.C39H23N7.C33H18N6O/c46-26-27-17-20-37-31(23-27)30-9-1-4-12-36(30)49(37)28-18-21-42-32(24-28)33-25-29(19-22-43(33)53-42)50-44-47-34-10-2-5-13-38(34)51(44)40-15-7-8-16-41(40)52-39-14-6-3-11-35(39)48-45(50)52;40-24-25-10-9-11-26(22-25)44-38-41-30-14-3-7-18-34(30)45(38)36-21-20-27(23-37(36)46-35-19-8-4-15-31(35)42-39(44)46)43-32-16-5-1-12-28(32)29-13-2-6-17-33(29)43;34-19-20-13-15-30-22(17-20)23-18-21(14-16-31(23)40-30)37-32-35-24-7-1-3-9-26(24)38(32)28-11-5-6-12-29(28)39-27-10-4-2-8-25(27)36-33(37)39/h1-25H;1-23H;1-18H. The number of hydrogen-bond donors (Lipinski definition) is 0. The number of para-hydroxylation sites is 19. The molecule has 31 rings (SSSR count). The summed E-state index contributed by atoms with van der Waals surface area (Å²) in [7, 11) is 0. The Kier molecular flexibility index (Phi) is 16.2. The van der Waals surface area contributed by atoms with Gasteiger partial charge in [0.05, 0.1) is 173 Å². The average Bonchev–Trinajstić information content (AvgIpc) is 1.54. The number of rotatable bonds is 5. The smallest absolute Gasteiger partial charge is 0.223 e. The molecule has 22 nitrogen and oxygen atoms in total. The first-order valence-electron chi connectivity index (χ1n) is 45.7. The summed E-state index contributed by atoms with van der Waals surface area (Å²) < 4.78 is 36.9. The molecule has 139 heavy (non-hydrogen) atoms. The van der Waals surface area contributed by atoms with Gasteiger partial charge >= 0.3 is 0 Å². The average molecular weight is 1780 g/mol. The highest BCUT2D eigenvalue weighted by Crippen LogP contribution is 2.43. The van der Waals surface area contributed by atoms with Gasteiger partial charge in [-0.05, 0) is 243 Å². The third-order valence-corrected chi connectivity index (χ3v) is 27.3. The topological polar surface area (TPSA) is 226 Å². The maximum Gasteiger partial charge on any atom is 0.223 e. The van der Waals surface area contributed by atoms with Gasteiger partial charge in [-0.1, -0.05) is 158 Å². The molecular weight excluding hydrogens is 1720 g/mol. The molecule has 0 aliphatic carbocycles. The maximum atomic E-state index is 9.84. The summed E-state index contributed by atoms with van der Waals surface area (Å²) in [6.45, 7) is 0. The van der Waals surface area contributed by atoms with Gasteiger partial charge in [-0.2, -0.15) is 15.8 Å². The van der Waals surface area contributed by atoms with Crippen LogP contribution in [0.25, 0.3) is 250 Å². The van der Waals surface area contributed by atoms with Crippen molar-refractivity contribution in [2.45, 2.75) is 0 Å². The van der Waals surface area contributed by atoms with Crippen molar-refractivity contribution in [2.75, 3.05) is 0 Å². The van der Waals surface area contributed by atoms with E-state index >= 15 is 0 Å². The summed E-state index contributed by atoms with van der Waals surface area (Å²) in [6, 6.07) is 143. The van der Waals surface area contributed by atoms with Crippen LogP contribution in [-0.2, 0) is 0 Å². The lowest BCUT2D eigenvalue weighted by Crippen LogP contribution is -2.02. The van der Waals surface area contributed by atoms with Crippen LogP contribution in [0.5, 0.6) is 0 Å². The number of hydrogen-bond acceptors (Lipinski definition) is 11. The first-order valence-corrected chi connectivity index (χ1v) is 45.7. The molecule has 0 amide bonds. The third kappa shape index (κ3) is 11.3. The third-order valence-electron chi connectivity index (χ3n) is 27.3. The number of fused-ring (bicyclic) bond motifs is 39. The van der Waals surface area contributed by atoms with Gasteiger partial charge in [0.1, 0.15) is 22.3 Å². The van der Waals surface area contributed by atoms with E-state index in [0.29, 0.717) is 28.2 Å². The van der Waals surface area contributed by atoms with Crippen LogP contribution in [-0.4, -0.2) is 79.1 Å². The maximum absolute atomic E-state index is 9.84. The van der Waals surface area contributed by atoms with Crippen molar-refractivity contribution in [1.29, 1.82) is 15.8 Å².